The van der Waals surface area contributed by atoms with Crippen molar-refractivity contribution in [1.82, 2.24) is 0 Å². The van der Waals surface area contributed by atoms with Gasteiger partial charge in [-0.3, -0.25) is 0 Å². The van der Waals surface area contributed by atoms with E-state index in [4.69, 9.17) is 0 Å². The van der Waals surface area contributed by atoms with Crippen molar-refractivity contribution in [1.29, 1.82) is 0 Å². The molecule has 24 heavy (non-hydrogen) atoms. The molecule has 2 heteroatoms. The molecule has 0 bridgehead atoms. The normalized spacial score (nSPS) is 36.0. The van der Waals surface area contributed by atoms with E-state index in [2.05, 4.69) is 82.1 Å². The summed E-state index contributed by atoms with van der Waals surface area (Å²) in [6.45, 7) is 4.93. The van der Waals surface area contributed by atoms with Gasteiger partial charge in [0.25, 0.3) is 0 Å². The zero-order valence-corrected chi connectivity index (χ0v) is 17.4. The number of rotatable bonds is 0. The molecule has 0 radical (unpaired) electrons. The maximum atomic E-state index is 3.75. The summed E-state index contributed by atoms with van der Waals surface area (Å²) < 4.78 is 2.45. The Hall–Kier alpha value is -0.600. The molecule has 3 aliphatic carbocycles. The third kappa shape index (κ3) is 1.80. The minimum absolute atomic E-state index is 0.332. The van der Waals surface area contributed by atoms with Crippen molar-refractivity contribution in [2.75, 3.05) is 0 Å². The molecule has 0 unspecified atom stereocenters. The molecule has 0 nitrogen and oxygen atoms in total. The maximum absolute atomic E-state index is 3.75. The lowest BCUT2D eigenvalue weighted by Gasteiger charge is -2.47. The lowest BCUT2D eigenvalue weighted by atomic mass is 9.55. The van der Waals surface area contributed by atoms with Gasteiger partial charge in [-0.1, -0.05) is 57.8 Å². The van der Waals surface area contributed by atoms with Gasteiger partial charge in [-0.25, -0.2) is 0 Å². The van der Waals surface area contributed by atoms with Crippen LogP contribution in [0, 0.1) is 11.8 Å². The van der Waals surface area contributed by atoms with Gasteiger partial charge < -0.3 is 0 Å². The highest BCUT2D eigenvalue weighted by atomic mass is 79.9. The van der Waals surface area contributed by atoms with Gasteiger partial charge in [-0.15, -0.1) is 0 Å². The third-order valence-corrected chi connectivity index (χ3v) is 7.97. The van der Waals surface area contributed by atoms with Crippen LogP contribution in [0.25, 0.3) is 11.1 Å². The van der Waals surface area contributed by atoms with Crippen LogP contribution in [0.3, 0.4) is 0 Å². The lowest BCUT2D eigenvalue weighted by molar-refractivity contribution is 0.299. The van der Waals surface area contributed by atoms with Gasteiger partial charge >= 0.3 is 0 Å². The van der Waals surface area contributed by atoms with E-state index >= 15 is 0 Å². The molecule has 0 atom stereocenters. The maximum Gasteiger partial charge on any atom is 0.0178 e. The van der Waals surface area contributed by atoms with Crippen molar-refractivity contribution in [2.45, 2.75) is 50.4 Å². The predicted octanol–water partition coefficient (Wildman–Crippen LogP) is 7.23. The first kappa shape index (κ1) is 15.6. The average Bonchev–Trinajstić information content (AvgIpc) is 2.95. The van der Waals surface area contributed by atoms with Gasteiger partial charge in [-0.2, -0.15) is 0 Å². The number of fused-ring (bicyclic) bond motifs is 3. The van der Waals surface area contributed by atoms with Crippen LogP contribution in [-0.2, 0) is 10.8 Å². The molecule has 0 heterocycles. The fourth-order valence-corrected chi connectivity index (χ4v) is 7.44. The Morgan fingerprint density at radius 3 is 1.46 bits per heavy atom. The molecule has 0 aliphatic heterocycles. The molecule has 0 saturated heterocycles. The van der Waals surface area contributed by atoms with Crippen molar-refractivity contribution in [3.05, 3.63) is 56.5 Å². The van der Waals surface area contributed by atoms with Crippen LogP contribution in [-0.4, -0.2) is 0 Å². The second-order valence-corrected chi connectivity index (χ2v) is 10.4. The van der Waals surface area contributed by atoms with Gasteiger partial charge in [-0.05, 0) is 84.0 Å². The van der Waals surface area contributed by atoms with Gasteiger partial charge in [0.15, 0.2) is 0 Å². The summed E-state index contributed by atoms with van der Waals surface area (Å²) in [5, 5.41) is 0. The van der Waals surface area contributed by atoms with Crippen LogP contribution in [0.1, 0.15) is 50.7 Å². The average molecular weight is 446 g/mol. The third-order valence-electron chi connectivity index (χ3n) is 6.99. The van der Waals surface area contributed by atoms with Crippen LogP contribution in [0.15, 0.2) is 45.3 Å². The van der Waals surface area contributed by atoms with E-state index in [1.807, 2.05) is 0 Å². The van der Waals surface area contributed by atoms with Crippen LogP contribution in [0.4, 0.5) is 0 Å². The standard InChI is InChI=1S/C22H22Br2/c1-13-9-21-11-14(2)12-22(21,10-13)20-8-16(24)4-6-18(20)17-5-3-15(23)7-19(17)21/h3-8,13-14H,9-12H2,1-2H3/t13-,14+,21-,22+. The molecular formula is C22H22Br2. The van der Waals surface area contributed by atoms with Crippen molar-refractivity contribution < 1.29 is 0 Å². The Morgan fingerprint density at radius 2 is 1.08 bits per heavy atom. The van der Waals surface area contributed by atoms with E-state index in [1.165, 1.54) is 45.8 Å². The molecule has 2 fully saturated rings. The summed E-state index contributed by atoms with van der Waals surface area (Å²) in [7, 11) is 0. The number of hydrogen-bond acceptors (Lipinski definition) is 0. The largest absolute Gasteiger partial charge is 0.0624 e. The molecule has 0 aromatic heterocycles. The van der Waals surface area contributed by atoms with Gasteiger partial charge in [0, 0.05) is 19.8 Å². The first-order valence-corrected chi connectivity index (χ1v) is 10.6. The van der Waals surface area contributed by atoms with E-state index in [-0.39, 0.29) is 0 Å². The molecule has 0 spiro atoms. The highest BCUT2D eigenvalue weighted by Crippen LogP contribution is 2.71. The first-order chi connectivity index (χ1) is 11.4. The van der Waals surface area contributed by atoms with E-state index < -0.39 is 0 Å². The van der Waals surface area contributed by atoms with E-state index in [0.717, 1.165) is 11.8 Å². The van der Waals surface area contributed by atoms with Crippen LogP contribution in [0.5, 0.6) is 0 Å². The van der Waals surface area contributed by atoms with Crippen molar-refractivity contribution >= 4 is 31.9 Å². The second-order valence-electron chi connectivity index (χ2n) is 8.57. The molecule has 0 amide bonds. The number of halogens is 2. The fraction of sp³-hybridized carbons (Fsp3) is 0.455. The molecule has 2 aromatic rings. The summed E-state index contributed by atoms with van der Waals surface area (Å²) in [6.07, 6.45) is 5.36. The Labute approximate surface area is 161 Å². The van der Waals surface area contributed by atoms with Crippen LogP contribution in [0.2, 0.25) is 0 Å². The zero-order chi connectivity index (χ0) is 16.7. The SMILES string of the molecule is C[C@H]1C[C@@]23C[C@@H](C)C[C@]2(C1)c1cc(Br)ccc1-c1ccc(Br)cc13. The van der Waals surface area contributed by atoms with Gasteiger partial charge in [0.05, 0.1) is 0 Å². The van der Waals surface area contributed by atoms with E-state index in [1.54, 1.807) is 11.1 Å². The Bertz CT molecular complexity index is 768. The predicted molar refractivity (Wildman–Crippen MR) is 107 cm³/mol. The van der Waals surface area contributed by atoms with Crippen LogP contribution >= 0.6 is 31.9 Å². The monoisotopic (exact) mass is 444 g/mol. The second kappa shape index (κ2) is 4.98. The molecule has 5 rings (SSSR count). The number of hydrogen-bond donors (Lipinski definition) is 0. The van der Waals surface area contributed by atoms with Crippen molar-refractivity contribution in [3.8, 4) is 11.1 Å². The lowest BCUT2D eigenvalue weighted by Crippen LogP contribution is -2.43. The quantitative estimate of drug-likeness (QED) is 0.401. The molecule has 124 valence electrons. The molecule has 2 aromatic carbocycles. The first-order valence-electron chi connectivity index (χ1n) is 9.06. The van der Waals surface area contributed by atoms with Crippen LogP contribution < -0.4 is 0 Å². The summed E-state index contributed by atoms with van der Waals surface area (Å²) in [5.74, 6) is 1.60. The topological polar surface area (TPSA) is 0 Å². The summed E-state index contributed by atoms with van der Waals surface area (Å²) >= 11 is 7.51. The molecule has 0 N–H and O–H groups in total. The summed E-state index contributed by atoms with van der Waals surface area (Å²) in [4.78, 5) is 0. The van der Waals surface area contributed by atoms with E-state index in [0.29, 0.717) is 10.8 Å². The summed E-state index contributed by atoms with van der Waals surface area (Å²) in [6, 6.07) is 14.0. The number of benzene rings is 2. The fourth-order valence-electron chi connectivity index (χ4n) is 6.72. The highest BCUT2D eigenvalue weighted by molar-refractivity contribution is 9.10. The highest BCUT2D eigenvalue weighted by Gasteiger charge is 2.65. The zero-order valence-electron chi connectivity index (χ0n) is 14.2. The molecule has 3 aliphatic rings. The Morgan fingerprint density at radius 1 is 0.708 bits per heavy atom. The molecule has 2 saturated carbocycles. The summed E-state index contributed by atoms with van der Waals surface area (Å²) in [5.41, 5.74) is 6.83. The van der Waals surface area contributed by atoms with E-state index in [9.17, 15) is 0 Å². The van der Waals surface area contributed by atoms with Crippen molar-refractivity contribution in [3.63, 3.8) is 0 Å². The van der Waals surface area contributed by atoms with Crippen molar-refractivity contribution in [2.24, 2.45) is 11.8 Å². The Kier molecular flexibility index (Phi) is 3.24. The smallest absolute Gasteiger partial charge is 0.0178 e. The van der Waals surface area contributed by atoms with Gasteiger partial charge in [0.1, 0.15) is 0 Å². The Balaban J connectivity index is 1.92. The minimum Gasteiger partial charge on any atom is -0.0624 e. The molecular weight excluding hydrogens is 424 g/mol. The van der Waals surface area contributed by atoms with Gasteiger partial charge in [0.2, 0.25) is 0 Å². The minimum atomic E-state index is 0.332.